The molecule has 0 radical (unpaired) electrons. The summed E-state index contributed by atoms with van der Waals surface area (Å²) in [5.74, 6) is 2.50. The highest BCUT2D eigenvalue weighted by atomic mass is 16.5. The molecule has 3 aromatic rings. The van der Waals surface area contributed by atoms with Crippen molar-refractivity contribution in [3.8, 4) is 22.9 Å². The number of aryl methyl sites for hydroxylation is 1. The lowest BCUT2D eigenvalue weighted by atomic mass is 10.1. The molecule has 0 aliphatic carbocycles. The van der Waals surface area contributed by atoms with Gasteiger partial charge in [-0.2, -0.15) is 4.98 Å². The Bertz CT molecular complexity index is 733. The molecule has 0 N–H and O–H groups in total. The van der Waals surface area contributed by atoms with Crippen LogP contribution in [-0.4, -0.2) is 17.3 Å². The molecule has 0 fully saturated rings. The first kappa shape index (κ1) is 14.1. The largest absolute Gasteiger partial charge is 0.497 e. The Hall–Kier alpha value is -2.82. The molecule has 0 saturated heterocycles. The van der Waals surface area contributed by atoms with Crippen LogP contribution in [0.4, 0.5) is 0 Å². The Balaban J connectivity index is 1.65. The van der Waals surface area contributed by atoms with Crippen LogP contribution in [0.2, 0.25) is 0 Å². The van der Waals surface area contributed by atoms with Gasteiger partial charge in [-0.3, -0.25) is 0 Å². The predicted molar refractivity (Wildman–Crippen MR) is 81.8 cm³/mol. The average Bonchev–Trinajstić information content (AvgIpc) is 3.03. The standard InChI is InChI=1S/C17H16N2O3/c1-12-3-5-13(6-4-12)17-18-16(22-19-17)11-21-15-9-7-14(20-2)8-10-15/h3-10H,11H2,1-2H3. The van der Waals surface area contributed by atoms with E-state index in [1.54, 1.807) is 7.11 Å². The smallest absolute Gasteiger partial charge is 0.264 e. The van der Waals surface area contributed by atoms with Crippen molar-refractivity contribution in [3.63, 3.8) is 0 Å². The van der Waals surface area contributed by atoms with E-state index in [2.05, 4.69) is 10.1 Å². The summed E-state index contributed by atoms with van der Waals surface area (Å²) < 4.78 is 15.9. The molecule has 1 heterocycles. The molecule has 0 saturated carbocycles. The minimum atomic E-state index is 0.227. The zero-order valence-electron chi connectivity index (χ0n) is 12.4. The van der Waals surface area contributed by atoms with Crippen LogP contribution >= 0.6 is 0 Å². The van der Waals surface area contributed by atoms with Gasteiger partial charge in [-0.1, -0.05) is 35.0 Å². The van der Waals surface area contributed by atoms with E-state index in [0.29, 0.717) is 11.7 Å². The number of nitrogens with zero attached hydrogens (tertiary/aromatic N) is 2. The molecule has 0 amide bonds. The lowest BCUT2D eigenvalue weighted by molar-refractivity contribution is 0.242. The van der Waals surface area contributed by atoms with E-state index >= 15 is 0 Å². The highest BCUT2D eigenvalue weighted by Crippen LogP contribution is 2.19. The minimum absolute atomic E-state index is 0.227. The Labute approximate surface area is 128 Å². The van der Waals surface area contributed by atoms with Crippen molar-refractivity contribution in [2.75, 3.05) is 7.11 Å². The Morgan fingerprint density at radius 1 is 0.955 bits per heavy atom. The van der Waals surface area contributed by atoms with E-state index in [1.165, 1.54) is 5.56 Å². The normalized spacial score (nSPS) is 10.5. The molecule has 0 aliphatic heterocycles. The lowest BCUT2D eigenvalue weighted by Gasteiger charge is -2.04. The molecule has 0 atom stereocenters. The fourth-order valence-corrected chi connectivity index (χ4v) is 1.95. The van der Waals surface area contributed by atoms with E-state index in [1.807, 2.05) is 55.5 Å². The van der Waals surface area contributed by atoms with Crippen LogP contribution in [0.1, 0.15) is 11.5 Å². The Kier molecular flexibility index (Phi) is 4.05. The number of rotatable bonds is 5. The summed E-state index contributed by atoms with van der Waals surface area (Å²) in [5, 5.41) is 3.97. The fourth-order valence-electron chi connectivity index (χ4n) is 1.95. The highest BCUT2D eigenvalue weighted by Gasteiger charge is 2.09. The van der Waals surface area contributed by atoms with E-state index in [-0.39, 0.29) is 6.61 Å². The number of ether oxygens (including phenoxy) is 2. The van der Waals surface area contributed by atoms with Gasteiger partial charge in [0.1, 0.15) is 11.5 Å². The highest BCUT2D eigenvalue weighted by molar-refractivity contribution is 5.54. The maximum atomic E-state index is 5.61. The monoisotopic (exact) mass is 296 g/mol. The molecule has 3 rings (SSSR count). The Morgan fingerprint density at radius 3 is 2.32 bits per heavy atom. The van der Waals surface area contributed by atoms with Crippen LogP contribution in [0.15, 0.2) is 53.1 Å². The first-order valence-corrected chi connectivity index (χ1v) is 6.91. The first-order chi connectivity index (χ1) is 10.7. The average molecular weight is 296 g/mol. The molecule has 1 aromatic heterocycles. The van der Waals surface area contributed by atoms with Gasteiger partial charge < -0.3 is 14.0 Å². The van der Waals surface area contributed by atoms with E-state index in [9.17, 15) is 0 Å². The van der Waals surface area contributed by atoms with Crippen molar-refractivity contribution in [2.45, 2.75) is 13.5 Å². The third-order valence-electron chi connectivity index (χ3n) is 3.20. The summed E-state index contributed by atoms with van der Waals surface area (Å²) >= 11 is 0. The molecule has 2 aromatic carbocycles. The van der Waals surface area contributed by atoms with E-state index in [4.69, 9.17) is 14.0 Å². The van der Waals surface area contributed by atoms with Crippen molar-refractivity contribution in [1.29, 1.82) is 0 Å². The second-order valence-electron chi connectivity index (χ2n) is 4.84. The van der Waals surface area contributed by atoms with Crippen LogP contribution in [0.3, 0.4) is 0 Å². The van der Waals surface area contributed by atoms with Crippen molar-refractivity contribution >= 4 is 0 Å². The number of aromatic nitrogens is 2. The molecule has 0 bridgehead atoms. The summed E-state index contributed by atoms with van der Waals surface area (Å²) in [6.07, 6.45) is 0. The van der Waals surface area contributed by atoms with Crippen LogP contribution in [0.5, 0.6) is 11.5 Å². The maximum Gasteiger partial charge on any atom is 0.264 e. The molecule has 22 heavy (non-hydrogen) atoms. The number of hydrogen-bond donors (Lipinski definition) is 0. The van der Waals surface area contributed by atoms with E-state index in [0.717, 1.165) is 17.1 Å². The molecule has 112 valence electrons. The van der Waals surface area contributed by atoms with Crippen molar-refractivity contribution < 1.29 is 14.0 Å². The summed E-state index contributed by atoms with van der Waals surface area (Å²) in [5.41, 5.74) is 2.11. The third-order valence-corrected chi connectivity index (χ3v) is 3.20. The third kappa shape index (κ3) is 3.25. The summed E-state index contributed by atoms with van der Waals surface area (Å²) in [7, 11) is 1.63. The van der Waals surface area contributed by atoms with Gasteiger partial charge in [0.2, 0.25) is 5.82 Å². The summed E-state index contributed by atoms with van der Waals surface area (Å²) in [6, 6.07) is 15.3. The van der Waals surface area contributed by atoms with Gasteiger partial charge in [-0.05, 0) is 31.2 Å². The van der Waals surface area contributed by atoms with E-state index < -0.39 is 0 Å². The summed E-state index contributed by atoms with van der Waals surface area (Å²) in [4.78, 5) is 4.33. The second-order valence-corrected chi connectivity index (χ2v) is 4.84. The van der Waals surface area contributed by atoms with Gasteiger partial charge in [0, 0.05) is 5.56 Å². The Morgan fingerprint density at radius 2 is 1.64 bits per heavy atom. The molecule has 0 aliphatic rings. The van der Waals surface area contributed by atoms with Crippen LogP contribution < -0.4 is 9.47 Å². The molecule has 5 heteroatoms. The maximum absolute atomic E-state index is 5.61. The zero-order valence-corrected chi connectivity index (χ0v) is 12.4. The molecular formula is C17H16N2O3. The van der Waals surface area contributed by atoms with Crippen LogP contribution in [0, 0.1) is 6.92 Å². The topological polar surface area (TPSA) is 57.4 Å². The molecular weight excluding hydrogens is 280 g/mol. The number of hydrogen-bond acceptors (Lipinski definition) is 5. The predicted octanol–water partition coefficient (Wildman–Crippen LogP) is 3.63. The zero-order chi connectivity index (χ0) is 15.4. The molecule has 5 nitrogen and oxygen atoms in total. The van der Waals surface area contributed by atoms with Gasteiger partial charge in [0.25, 0.3) is 5.89 Å². The van der Waals surface area contributed by atoms with Gasteiger partial charge in [-0.15, -0.1) is 0 Å². The lowest BCUT2D eigenvalue weighted by Crippen LogP contribution is -1.95. The first-order valence-electron chi connectivity index (χ1n) is 6.91. The van der Waals surface area contributed by atoms with Crippen molar-refractivity contribution in [3.05, 3.63) is 60.0 Å². The summed E-state index contributed by atoms with van der Waals surface area (Å²) in [6.45, 7) is 2.26. The van der Waals surface area contributed by atoms with Crippen LogP contribution in [-0.2, 0) is 6.61 Å². The molecule has 0 unspecified atom stereocenters. The van der Waals surface area contributed by atoms with Gasteiger partial charge in [0.05, 0.1) is 7.11 Å². The number of methoxy groups -OCH3 is 1. The molecule has 0 spiro atoms. The SMILES string of the molecule is COc1ccc(OCc2nc(-c3ccc(C)cc3)no2)cc1. The van der Waals surface area contributed by atoms with Gasteiger partial charge in [-0.25, -0.2) is 0 Å². The van der Waals surface area contributed by atoms with Crippen molar-refractivity contribution in [2.24, 2.45) is 0 Å². The quantitative estimate of drug-likeness (QED) is 0.719. The minimum Gasteiger partial charge on any atom is -0.497 e. The fraction of sp³-hybridized carbons (Fsp3) is 0.176. The van der Waals surface area contributed by atoms with Gasteiger partial charge >= 0.3 is 0 Å². The van der Waals surface area contributed by atoms with Crippen molar-refractivity contribution in [1.82, 2.24) is 10.1 Å². The van der Waals surface area contributed by atoms with Gasteiger partial charge in [0.15, 0.2) is 6.61 Å². The number of benzene rings is 2. The second kappa shape index (κ2) is 6.30. The van der Waals surface area contributed by atoms with Crippen LogP contribution in [0.25, 0.3) is 11.4 Å².